The molecule has 21 heavy (non-hydrogen) atoms. The highest BCUT2D eigenvalue weighted by Gasteiger charge is 2.16. The van der Waals surface area contributed by atoms with Crippen molar-refractivity contribution in [2.24, 2.45) is 5.92 Å². The van der Waals surface area contributed by atoms with Crippen LogP contribution in [-0.4, -0.2) is 32.4 Å². The third-order valence-corrected chi connectivity index (χ3v) is 3.18. The van der Waals surface area contributed by atoms with E-state index in [1.807, 2.05) is 31.2 Å². The van der Waals surface area contributed by atoms with Gasteiger partial charge in [0, 0.05) is 19.1 Å². The highest BCUT2D eigenvalue weighted by Crippen LogP contribution is 2.24. The second-order valence-electron chi connectivity index (χ2n) is 5.31. The Morgan fingerprint density at radius 2 is 2.29 bits per heavy atom. The van der Waals surface area contributed by atoms with Crippen molar-refractivity contribution in [3.05, 3.63) is 36.4 Å². The highest BCUT2D eigenvalue weighted by molar-refractivity contribution is 5.90. The van der Waals surface area contributed by atoms with Gasteiger partial charge in [0.2, 0.25) is 0 Å². The van der Waals surface area contributed by atoms with E-state index in [0.717, 1.165) is 25.2 Å². The first kappa shape index (κ1) is 15.4. The zero-order chi connectivity index (χ0) is 15.1. The number of rotatable bonds is 6. The molecule has 1 atom stereocenters. The quantitative estimate of drug-likeness (QED) is 0.792. The van der Waals surface area contributed by atoms with Gasteiger partial charge in [-0.1, -0.05) is 18.7 Å². The Kier molecular flexibility index (Phi) is 5.63. The van der Waals surface area contributed by atoms with Crippen molar-refractivity contribution < 1.29 is 14.3 Å². The van der Waals surface area contributed by atoms with Crippen LogP contribution in [0.2, 0.25) is 0 Å². The van der Waals surface area contributed by atoms with Crippen LogP contribution < -0.4 is 15.4 Å². The van der Waals surface area contributed by atoms with Crippen molar-refractivity contribution in [1.29, 1.82) is 0 Å². The Morgan fingerprint density at radius 1 is 1.48 bits per heavy atom. The summed E-state index contributed by atoms with van der Waals surface area (Å²) in [7, 11) is 0. The topological polar surface area (TPSA) is 59.6 Å². The molecule has 114 valence electrons. The number of hydrogen-bond donors (Lipinski definition) is 2. The van der Waals surface area contributed by atoms with Crippen molar-refractivity contribution in [3.63, 3.8) is 0 Å². The van der Waals surface area contributed by atoms with E-state index in [2.05, 4.69) is 17.2 Å². The molecule has 0 saturated carbocycles. The summed E-state index contributed by atoms with van der Waals surface area (Å²) in [6.07, 6.45) is 0.999. The van der Waals surface area contributed by atoms with Crippen LogP contribution in [0.5, 0.6) is 5.75 Å². The number of para-hydroxylation sites is 2. The molecule has 2 rings (SSSR count). The summed E-state index contributed by atoms with van der Waals surface area (Å²) in [6, 6.07) is 7.13. The number of carbonyl (C=O) groups excluding carboxylic acids is 1. The summed E-state index contributed by atoms with van der Waals surface area (Å²) in [6.45, 7) is 8.25. The maximum atomic E-state index is 11.9. The van der Waals surface area contributed by atoms with E-state index in [0.29, 0.717) is 30.5 Å². The minimum atomic E-state index is -0.228. The average Bonchev–Trinajstić information content (AvgIpc) is 2.97. The SMILES string of the molecule is C=C(C)COc1ccccc1NC(=O)NC[C@H]1CCOC1. The molecule has 0 bridgehead atoms. The normalized spacial score (nSPS) is 17.3. The monoisotopic (exact) mass is 290 g/mol. The van der Waals surface area contributed by atoms with Crippen LogP contribution in [0.3, 0.4) is 0 Å². The zero-order valence-electron chi connectivity index (χ0n) is 12.4. The predicted molar refractivity (Wildman–Crippen MR) is 82.7 cm³/mol. The van der Waals surface area contributed by atoms with Gasteiger partial charge in [0.1, 0.15) is 12.4 Å². The Labute approximate surface area is 125 Å². The highest BCUT2D eigenvalue weighted by atomic mass is 16.5. The molecule has 0 aliphatic carbocycles. The third-order valence-electron chi connectivity index (χ3n) is 3.18. The molecular formula is C16H22N2O3. The minimum absolute atomic E-state index is 0.228. The molecule has 0 spiro atoms. The number of urea groups is 1. The van der Waals surface area contributed by atoms with Crippen LogP contribution in [0.15, 0.2) is 36.4 Å². The molecule has 1 heterocycles. The maximum Gasteiger partial charge on any atom is 0.319 e. The van der Waals surface area contributed by atoms with Crippen molar-refractivity contribution in [2.75, 3.05) is 31.7 Å². The van der Waals surface area contributed by atoms with Gasteiger partial charge in [-0.25, -0.2) is 4.79 Å². The van der Waals surface area contributed by atoms with Gasteiger partial charge in [-0.15, -0.1) is 0 Å². The molecule has 2 amide bonds. The lowest BCUT2D eigenvalue weighted by molar-refractivity contribution is 0.185. The number of benzene rings is 1. The number of anilines is 1. The second-order valence-corrected chi connectivity index (χ2v) is 5.31. The second kappa shape index (κ2) is 7.69. The van der Waals surface area contributed by atoms with E-state index >= 15 is 0 Å². The van der Waals surface area contributed by atoms with Crippen LogP contribution in [0.4, 0.5) is 10.5 Å². The first-order valence-corrected chi connectivity index (χ1v) is 7.14. The largest absolute Gasteiger partial charge is 0.487 e. The first-order chi connectivity index (χ1) is 10.1. The van der Waals surface area contributed by atoms with Crippen molar-refractivity contribution in [2.45, 2.75) is 13.3 Å². The molecule has 1 aliphatic rings. The standard InChI is InChI=1S/C16H22N2O3/c1-12(2)10-21-15-6-4-3-5-14(15)18-16(19)17-9-13-7-8-20-11-13/h3-6,13H,1,7-11H2,2H3,(H2,17,18,19)/t13-/m1/s1. The summed E-state index contributed by atoms with van der Waals surface area (Å²) in [5.41, 5.74) is 1.58. The average molecular weight is 290 g/mol. The van der Waals surface area contributed by atoms with Crippen LogP contribution >= 0.6 is 0 Å². The van der Waals surface area contributed by atoms with Gasteiger partial charge in [-0.05, 0) is 31.1 Å². The summed E-state index contributed by atoms with van der Waals surface area (Å²) in [5.74, 6) is 1.05. The van der Waals surface area contributed by atoms with E-state index in [1.54, 1.807) is 0 Å². The molecule has 1 aliphatic heterocycles. The number of hydrogen-bond acceptors (Lipinski definition) is 3. The summed E-state index contributed by atoms with van der Waals surface area (Å²) < 4.78 is 10.9. The Morgan fingerprint density at radius 3 is 3.00 bits per heavy atom. The van der Waals surface area contributed by atoms with Crippen molar-refractivity contribution in [1.82, 2.24) is 5.32 Å². The van der Waals surface area contributed by atoms with Crippen LogP contribution in [-0.2, 0) is 4.74 Å². The molecule has 0 aromatic heterocycles. The van der Waals surface area contributed by atoms with Gasteiger partial charge in [0.25, 0.3) is 0 Å². The summed E-state index contributed by atoms with van der Waals surface area (Å²) in [4.78, 5) is 11.9. The van der Waals surface area contributed by atoms with Crippen LogP contribution in [0.25, 0.3) is 0 Å². The Bertz CT molecular complexity index is 496. The molecule has 1 aromatic rings. The Hall–Kier alpha value is -2.01. The van der Waals surface area contributed by atoms with Gasteiger partial charge in [-0.2, -0.15) is 0 Å². The minimum Gasteiger partial charge on any atom is -0.487 e. The molecule has 0 radical (unpaired) electrons. The van der Waals surface area contributed by atoms with Gasteiger partial charge >= 0.3 is 6.03 Å². The summed E-state index contributed by atoms with van der Waals surface area (Å²) >= 11 is 0. The first-order valence-electron chi connectivity index (χ1n) is 7.14. The number of carbonyl (C=O) groups is 1. The number of ether oxygens (including phenoxy) is 2. The number of nitrogens with one attached hydrogen (secondary N) is 2. The molecule has 1 saturated heterocycles. The molecule has 2 N–H and O–H groups in total. The summed E-state index contributed by atoms with van der Waals surface area (Å²) in [5, 5.41) is 5.67. The fourth-order valence-corrected chi connectivity index (χ4v) is 2.04. The van der Waals surface area contributed by atoms with Gasteiger partial charge < -0.3 is 20.1 Å². The lowest BCUT2D eigenvalue weighted by Crippen LogP contribution is -2.33. The van der Waals surface area contributed by atoms with Gasteiger partial charge in [-0.3, -0.25) is 0 Å². The van der Waals surface area contributed by atoms with E-state index in [1.165, 1.54) is 0 Å². The van der Waals surface area contributed by atoms with Crippen LogP contribution in [0, 0.1) is 5.92 Å². The van der Waals surface area contributed by atoms with Crippen molar-refractivity contribution in [3.8, 4) is 5.75 Å². The molecule has 5 nitrogen and oxygen atoms in total. The lowest BCUT2D eigenvalue weighted by atomic mass is 10.1. The van der Waals surface area contributed by atoms with Crippen molar-refractivity contribution >= 4 is 11.7 Å². The zero-order valence-corrected chi connectivity index (χ0v) is 12.4. The fourth-order valence-electron chi connectivity index (χ4n) is 2.04. The van der Waals surface area contributed by atoms with Gasteiger partial charge in [0.15, 0.2) is 0 Å². The molecular weight excluding hydrogens is 268 g/mol. The van der Waals surface area contributed by atoms with E-state index in [-0.39, 0.29) is 6.03 Å². The van der Waals surface area contributed by atoms with Crippen LogP contribution in [0.1, 0.15) is 13.3 Å². The smallest absolute Gasteiger partial charge is 0.319 e. The molecule has 1 aromatic carbocycles. The lowest BCUT2D eigenvalue weighted by Gasteiger charge is -2.14. The predicted octanol–water partition coefficient (Wildman–Crippen LogP) is 2.80. The fraction of sp³-hybridized carbons (Fsp3) is 0.438. The third kappa shape index (κ3) is 5.11. The van der Waals surface area contributed by atoms with E-state index in [4.69, 9.17) is 9.47 Å². The molecule has 0 unspecified atom stereocenters. The Balaban J connectivity index is 1.85. The maximum absolute atomic E-state index is 11.9. The number of amides is 2. The van der Waals surface area contributed by atoms with E-state index in [9.17, 15) is 4.79 Å². The molecule has 1 fully saturated rings. The molecule has 5 heteroatoms. The van der Waals surface area contributed by atoms with Gasteiger partial charge in [0.05, 0.1) is 12.3 Å². The van der Waals surface area contributed by atoms with E-state index < -0.39 is 0 Å².